The number of aliphatic hydroxyl groups is 4. The van der Waals surface area contributed by atoms with Crippen molar-refractivity contribution in [2.75, 3.05) is 0 Å². The van der Waals surface area contributed by atoms with Crippen molar-refractivity contribution in [3.05, 3.63) is 49.1 Å². The Hall–Kier alpha value is -2.46. The molecule has 0 spiro atoms. The number of hydrogen-bond donors (Lipinski definition) is 6. The molecule has 13 atom stereocenters. The summed E-state index contributed by atoms with van der Waals surface area (Å²) in [7, 11) is 0. The van der Waals surface area contributed by atoms with E-state index in [1.165, 1.54) is 0 Å². The van der Waals surface area contributed by atoms with Gasteiger partial charge in [0.15, 0.2) is 0 Å². The highest BCUT2D eigenvalue weighted by atomic mass is 16.5. The third-order valence-corrected chi connectivity index (χ3v) is 8.53. The normalized spacial score (nSPS) is 28.4. The van der Waals surface area contributed by atoms with Gasteiger partial charge in [-0.3, -0.25) is 4.79 Å². The zero-order chi connectivity index (χ0) is 31.4. The van der Waals surface area contributed by atoms with Crippen molar-refractivity contribution in [2.45, 2.75) is 97.9 Å². The van der Waals surface area contributed by atoms with Crippen molar-refractivity contribution in [3.63, 3.8) is 0 Å². The molecule has 1 fully saturated rings. The molecule has 1 unspecified atom stereocenters. The first-order valence-electron chi connectivity index (χ1n) is 14.7. The van der Waals surface area contributed by atoms with Gasteiger partial charge in [0.1, 0.15) is 6.10 Å². The average Bonchev–Trinajstić information content (AvgIpc) is 2.93. The number of aliphatic hydroxyl groups excluding tert-OH is 4. The van der Waals surface area contributed by atoms with Gasteiger partial charge in [0, 0.05) is 36.1 Å². The Morgan fingerprint density at radius 3 is 2.20 bits per heavy atom. The quantitative estimate of drug-likeness (QED) is 0.0928. The van der Waals surface area contributed by atoms with Gasteiger partial charge < -0.3 is 36.2 Å². The molecular weight excluding hydrogens is 524 g/mol. The van der Waals surface area contributed by atoms with Crippen LogP contribution in [0.1, 0.15) is 61.3 Å². The molecule has 0 aromatic heterocycles. The first kappa shape index (κ1) is 36.6. The molecule has 0 saturated carbocycles. The predicted molar refractivity (Wildman–Crippen MR) is 161 cm³/mol. The van der Waals surface area contributed by atoms with Gasteiger partial charge in [-0.15, -0.1) is 0 Å². The van der Waals surface area contributed by atoms with Crippen LogP contribution in [0.4, 0.5) is 4.79 Å². The van der Waals surface area contributed by atoms with Gasteiger partial charge in [-0.25, -0.2) is 4.79 Å². The van der Waals surface area contributed by atoms with Crippen molar-refractivity contribution >= 4 is 12.0 Å². The van der Waals surface area contributed by atoms with Crippen LogP contribution in [0, 0.1) is 41.4 Å². The van der Waals surface area contributed by atoms with Crippen molar-refractivity contribution < 1.29 is 34.8 Å². The molecule has 1 rings (SSSR count). The SMILES string of the molecule is C=C/C=C\[C@H](C)[C@H](NC(N)=O)[C@@H](C)[C@H](O)[C@@H](C)C/C=C\[C@H](C)[C@@H](O)[C@@H](C)/C=C\[C@@H](O)CC1OC(=O)[C@H](C)[C@@H](O)[C@H]1C. The minimum absolute atomic E-state index is 0.0625. The van der Waals surface area contributed by atoms with Crippen LogP contribution in [0.3, 0.4) is 0 Å². The summed E-state index contributed by atoms with van der Waals surface area (Å²) in [5, 5.41) is 45.3. The number of amides is 2. The van der Waals surface area contributed by atoms with E-state index in [0.717, 1.165) is 0 Å². The molecule has 234 valence electrons. The summed E-state index contributed by atoms with van der Waals surface area (Å²) in [4.78, 5) is 23.5. The standard InChI is InChI=1S/C32H54N2O7/c1-9-10-12-18(2)27(34-32(33)40)23(7)29(37)20(4)14-11-13-19(3)28(36)21(5)15-16-25(35)17-26-22(6)30(38)24(8)31(39)41-26/h9-13,15-16,18-30,35-38H,1,14,17H2,2-8H3,(H3,33,34,40)/b12-10-,13-11-,16-15-/t18-,19-,20-,21-,22-,23+,24+,25+,26?,27-,28+,29+,30-/m0/s1. The maximum Gasteiger partial charge on any atom is 0.312 e. The Morgan fingerprint density at radius 2 is 1.61 bits per heavy atom. The number of carbonyl (C=O) groups is 2. The summed E-state index contributed by atoms with van der Waals surface area (Å²) in [5.74, 6) is -2.20. The maximum absolute atomic E-state index is 11.9. The number of rotatable bonds is 16. The molecule has 0 aliphatic carbocycles. The third kappa shape index (κ3) is 11.4. The van der Waals surface area contributed by atoms with Gasteiger partial charge in [-0.2, -0.15) is 0 Å². The summed E-state index contributed by atoms with van der Waals surface area (Å²) in [6, 6.07) is -0.991. The molecular formula is C32H54N2O7. The second-order valence-electron chi connectivity index (χ2n) is 12.0. The molecule has 1 saturated heterocycles. The van der Waals surface area contributed by atoms with Crippen LogP contribution in [0.15, 0.2) is 49.1 Å². The fourth-order valence-corrected chi connectivity index (χ4v) is 5.43. The van der Waals surface area contributed by atoms with Crippen LogP contribution in [-0.4, -0.2) is 69.0 Å². The van der Waals surface area contributed by atoms with E-state index in [1.807, 2.05) is 52.8 Å². The molecule has 0 bridgehead atoms. The lowest BCUT2D eigenvalue weighted by Crippen LogP contribution is -2.50. The number of nitrogens with two attached hydrogens (primary N) is 1. The van der Waals surface area contributed by atoms with Gasteiger partial charge in [0.05, 0.1) is 30.3 Å². The highest BCUT2D eigenvalue weighted by Crippen LogP contribution is 2.29. The number of cyclic esters (lactones) is 1. The van der Waals surface area contributed by atoms with Crippen LogP contribution in [0.2, 0.25) is 0 Å². The first-order valence-corrected chi connectivity index (χ1v) is 14.7. The van der Waals surface area contributed by atoms with E-state index in [0.29, 0.717) is 6.42 Å². The lowest BCUT2D eigenvalue weighted by molar-refractivity contribution is -0.179. The van der Waals surface area contributed by atoms with Gasteiger partial charge in [0.2, 0.25) is 0 Å². The highest BCUT2D eigenvalue weighted by molar-refractivity contribution is 5.74. The second-order valence-corrected chi connectivity index (χ2v) is 12.0. The summed E-state index contributed by atoms with van der Waals surface area (Å²) < 4.78 is 5.40. The van der Waals surface area contributed by atoms with Crippen molar-refractivity contribution in [1.82, 2.24) is 5.32 Å². The van der Waals surface area contributed by atoms with E-state index < -0.39 is 48.4 Å². The molecule has 1 heterocycles. The Labute approximate surface area is 246 Å². The zero-order valence-electron chi connectivity index (χ0n) is 25.8. The minimum atomic E-state index is -0.886. The Kier molecular flexibility index (Phi) is 15.6. The molecule has 41 heavy (non-hydrogen) atoms. The maximum atomic E-state index is 11.9. The molecule has 0 aromatic rings. The van der Waals surface area contributed by atoms with Gasteiger partial charge >= 0.3 is 12.0 Å². The number of hydrogen-bond acceptors (Lipinski definition) is 7. The van der Waals surface area contributed by atoms with E-state index in [2.05, 4.69) is 11.9 Å². The zero-order valence-corrected chi connectivity index (χ0v) is 25.8. The fraction of sp³-hybridized carbons (Fsp3) is 0.688. The van der Waals surface area contributed by atoms with Crippen LogP contribution < -0.4 is 11.1 Å². The van der Waals surface area contributed by atoms with Gasteiger partial charge in [0.25, 0.3) is 0 Å². The van der Waals surface area contributed by atoms with Crippen molar-refractivity contribution in [1.29, 1.82) is 0 Å². The first-order chi connectivity index (χ1) is 19.1. The Balaban J connectivity index is 2.67. The van der Waals surface area contributed by atoms with E-state index in [1.54, 1.807) is 38.2 Å². The summed E-state index contributed by atoms with van der Waals surface area (Å²) in [6.45, 7) is 16.6. The molecule has 9 heteroatoms. The molecule has 9 nitrogen and oxygen atoms in total. The lowest BCUT2D eigenvalue weighted by atomic mass is 9.81. The monoisotopic (exact) mass is 578 g/mol. The second kappa shape index (κ2) is 17.5. The van der Waals surface area contributed by atoms with Crippen molar-refractivity contribution in [2.24, 2.45) is 47.2 Å². The highest BCUT2D eigenvalue weighted by Gasteiger charge is 2.40. The van der Waals surface area contributed by atoms with Crippen molar-refractivity contribution in [3.8, 4) is 0 Å². The largest absolute Gasteiger partial charge is 0.462 e. The van der Waals surface area contributed by atoms with Crippen LogP contribution in [0.25, 0.3) is 0 Å². The molecule has 7 N–H and O–H groups in total. The van der Waals surface area contributed by atoms with Crippen LogP contribution in [-0.2, 0) is 9.53 Å². The fourth-order valence-electron chi connectivity index (χ4n) is 5.43. The average molecular weight is 579 g/mol. The van der Waals surface area contributed by atoms with Crippen LogP contribution >= 0.6 is 0 Å². The molecule has 2 amide bonds. The van der Waals surface area contributed by atoms with E-state index in [9.17, 15) is 30.0 Å². The number of primary amides is 1. The van der Waals surface area contributed by atoms with Gasteiger partial charge in [-0.1, -0.05) is 90.7 Å². The smallest absolute Gasteiger partial charge is 0.312 e. The molecule has 1 aliphatic heterocycles. The van der Waals surface area contributed by atoms with E-state index >= 15 is 0 Å². The lowest BCUT2D eigenvalue weighted by Gasteiger charge is -2.36. The number of allylic oxidation sites excluding steroid dienone is 3. The Bertz CT molecular complexity index is 920. The number of carbonyl (C=O) groups excluding carboxylic acids is 2. The number of urea groups is 1. The summed E-state index contributed by atoms with van der Waals surface area (Å²) in [5.41, 5.74) is 5.38. The van der Waals surface area contributed by atoms with E-state index in [4.69, 9.17) is 10.5 Å². The van der Waals surface area contributed by atoms with E-state index in [-0.39, 0.29) is 48.0 Å². The summed E-state index contributed by atoms with van der Waals surface area (Å²) in [6.07, 6.45) is 9.64. The predicted octanol–water partition coefficient (Wildman–Crippen LogP) is 3.48. The molecule has 0 aromatic carbocycles. The number of nitrogens with one attached hydrogen (secondary N) is 1. The third-order valence-electron chi connectivity index (χ3n) is 8.53. The Morgan fingerprint density at radius 1 is 1.00 bits per heavy atom. The molecule has 0 radical (unpaired) electrons. The molecule has 1 aliphatic rings. The number of esters is 1. The topological polar surface area (TPSA) is 162 Å². The summed E-state index contributed by atoms with van der Waals surface area (Å²) >= 11 is 0. The van der Waals surface area contributed by atoms with Crippen LogP contribution in [0.5, 0.6) is 0 Å². The number of ether oxygens (including phenoxy) is 1. The van der Waals surface area contributed by atoms with Gasteiger partial charge in [-0.05, 0) is 25.2 Å². The minimum Gasteiger partial charge on any atom is -0.462 e.